The first-order chi connectivity index (χ1) is 11.1. The molecule has 5 nitrogen and oxygen atoms in total. The lowest BCUT2D eigenvalue weighted by molar-refractivity contribution is -0.143. The van der Waals surface area contributed by atoms with Crippen LogP contribution < -0.4 is 0 Å². The Balaban J connectivity index is 2.32. The van der Waals surface area contributed by atoms with Crippen molar-refractivity contribution < 1.29 is 22.7 Å². The zero-order valence-corrected chi connectivity index (χ0v) is 14.5. The van der Waals surface area contributed by atoms with Crippen LogP contribution in [0.4, 0.5) is 13.2 Å². The minimum absolute atomic E-state index is 0.000622. The number of morpholine rings is 1. The first-order valence-corrected chi connectivity index (χ1v) is 8.08. The monoisotopic (exact) mass is 347 g/mol. The van der Waals surface area contributed by atoms with Crippen LogP contribution in [0.5, 0.6) is 0 Å². The van der Waals surface area contributed by atoms with Crippen LogP contribution in [0.1, 0.15) is 43.3 Å². The fraction of sp³-hybridized carbons (Fsp3) is 0.750. The van der Waals surface area contributed by atoms with Gasteiger partial charge in [0.15, 0.2) is 0 Å². The van der Waals surface area contributed by atoms with Gasteiger partial charge in [-0.1, -0.05) is 13.8 Å². The van der Waals surface area contributed by atoms with Crippen molar-refractivity contribution in [2.45, 2.75) is 52.9 Å². The summed E-state index contributed by atoms with van der Waals surface area (Å²) in [6, 6.07) is -0.382. The van der Waals surface area contributed by atoms with Crippen molar-refractivity contribution in [3.05, 3.63) is 17.0 Å². The summed E-state index contributed by atoms with van der Waals surface area (Å²) in [5.74, 6) is 0.219. The first kappa shape index (κ1) is 18.8. The summed E-state index contributed by atoms with van der Waals surface area (Å²) in [4.78, 5) is 14.2. The number of hydrogen-bond donors (Lipinski definition) is 0. The molecule has 1 aliphatic heterocycles. The van der Waals surface area contributed by atoms with Gasteiger partial charge in [0, 0.05) is 24.2 Å². The van der Waals surface area contributed by atoms with Crippen LogP contribution in [-0.2, 0) is 16.1 Å². The Hall–Kier alpha value is -1.57. The number of carbonyl (C=O) groups is 1. The van der Waals surface area contributed by atoms with Crippen molar-refractivity contribution in [3.63, 3.8) is 0 Å². The molecule has 1 saturated heterocycles. The number of aryl methyl sites for hydroxylation is 1. The molecule has 1 aromatic heterocycles. The largest absolute Gasteiger partial charge is 0.408 e. The van der Waals surface area contributed by atoms with Gasteiger partial charge in [-0.25, -0.2) is 0 Å². The van der Waals surface area contributed by atoms with Gasteiger partial charge in [-0.15, -0.1) is 0 Å². The summed E-state index contributed by atoms with van der Waals surface area (Å²) in [6.07, 6.45) is -3.93. The van der Waals surface area contributed by atoms with Gasteiger partial charge in [0.1, 0.15) is 6.54 Å². The number of amides is 1. The first-order valence-electron chi connectivity index (χ1n) is 8.08. The molecule has 0 radical (unpaired) electrons. The smallest absolute Gasteiger partial charge is 0.377 e. The van der Waals surface area contributed by atoms with Gasteiger partial charge in [-0.05, 0) is 19.8 Å². The molecule has 0 bridgehead atoms. The number of nitrogens with zero attached hydrogens (tertiary/aromatic N) is 3. The van der Waals surface area contributed by atoms with E-state index < -0.39 is 12.7 Å². The van der Waals surface area contributed by atoms with Crippen molar-refractivity contribution in [1.29, 1.82) is 0 Å². The summed E-state index contributed by atoms with van der Waals surface area (Å²) >= 11 is 0. The third-order valence-electron chi connectivity index (χ3n) is 4.13. The van der Waals surface area contributed by atoms with E-state index in [1.165, 1.54) is 0 Å². The van der Waals surface area contributed by atoms with E-state index in [9.17, 15) is 18.0 Å². The number of carbonyl (C=O) groups excluding carboxylic acids is 1. The number of alkyl halides is 3. The molecule has 1 aromatic rings. The Morgan fingerprint density at radius 2 is 2.04 bits per heavy atom. The third-order valence-corrected chi connectivity index (χ3v) is 4.13. The second-order valence-corrected chi connectivity index (χ2v) is 6.63. The summed E-state index contributed by atoms with van der Waals surface area (Å²) < 4.78 is 44.6. The van der Waals surface area contributed by atoms with E-state index in [0.29, 0.717) is 36.5 Å². The maximum Gasteiger partial charge on any atom is 0.408 e. The number of halogens is 3. The van der Waals surface area contributed by atoms with Gasteiger partial charge in [0.2, 0.25) is 5.91 Å². The van der Waals surface area contributed by atoms with Crippen molar-refractivity contribution in [3.8, 4) is 0 Å². The average molecular weight is 347 g/mol. The van der Waals surface area contributed by atoms with Gasteiger partial charge in [-0.3, -0.25) is 9.48 Å². The Bertz CT molecular complexity index is 596. The van der Waals surface area contributed by atoms with Crippen molar-refractivity contribution >= 4 is 5.91 Å². The zero-order valence-electron chi connectivity index (χ0n) is 14.5. The van der Waals surface area contributed by atoms with E-state index in [-0.39, 0.29) is 24.5 Å². The van der Waals surface area contributed by atoms with Crippen LogP contribution >= 0.6 is 0 Å². The maximum atomic E-state index is 12.7. The summed E-state index contributed by atoms with van der Waals surface area (Å²) in [6.45, 7) is 7.25. The molecule has 0 aromatic carbocycles. The number of aromatic nitrogens is 2. The molecule has 1 aliphatic rings. The summed E-state index contributed by atoms with van der Waals surface area (Å²) in [5, 5.41) is 4.03. The summed E-state index contributed by atoms with van der Waals surface area (Å²) in [7, 11) is 0. The Morgan fingerprint density at radius 1 is 1.38 bits per heavy atom. The topological polar surface area (TPSA) is 47.4 Å². The maximum absolute atomic E-state index is 12.7. The van der Waals surface area contributed by atoms with Crippen LogP contribution in [0, 0.1) is 19.8 Å². The van der Waals surface area contributed by atoms with Gasteiger partial charge >= 0.3 is 6.18 Å². The van der Waals surface area contributed by atoms with E-state index in [0.717, 1.165) is 4.68 Å². The Morgan fingerprint density at radius 3 is 2.62 bits per heavy atom. The number of rotatable bonds is 4. The van der Waals surface area contributed by atoms with Crippen molar-refractivity contribution in [2.24, 2.45) is 5.92 Å². The SMILES string of the molecule is Cc1nn(CC(F)(F)F)c(C)c1[C@@H]1COCCN1C(=O)CC(C)C. The number of hydrogen-bond acceptors (Lipinski definition) is 3. The van der Waals surface area contributed by atoms with Gasteiger partial charge < -0.3 is 9.64 Å². The second kappa shape index (κ2) is 7.13. The van der Waals surface area contributed by atoms with E-state index >= 15 is 0 Å². The molecule has 1 atom stereocenters. The molecule has 0 unspecified atom stereocenters. The fourth-order valence-electron chi connectivity index (χ4n) is 3.12. The normalized spacial score (nSPS) is 19.2. The van der Waals surface area contributed by atoms with E-state index in [1.54, 1.807) is 18.7 Å². The Kier molecular flexibility index (Phi) is 5.57. The molecular weight excluding hydrogens is 323 g/mol. The van der Waals surface area contributed by atoms with Gasteiger partial charge in [-0.2, -0.15) is 18.3 Å². The minimum atomic E-state index is -4.34. The highest BCUT2D eigenvalue weighted by Gasteiger charge is 2.35. The third kappa shape index (κ3) is 4.28. The molecule has 1 amide bonds. The Labute approximate surface area is 139 Å². The average Bonchev–Trinajstić information content (AvgIpc) is 2.70. The molecule has 2 heterocycles. The predicted octanol–water partition coefficient (Wildman–Crippen LogP) is 3.01. The van der Waals surface area contributed by atoms with Crippen molar-refractivity contribution in [2.75, 3.05) is 19.8 Å². The minimum Gasteiger partial charge on any atom is -0.377 e. The molecule has 8 heteroatoms. The van der Waals surface area contributed by atoms with Crippen LogP contribution in [-0.4, -0.2) is 46.5 Å². The fourth-order valence-corrected chi connectivity index (χ4v) is 3.12. The highest BCUT2D eigenvalue weighted by Crippen LogP contribution is 2.31. The molecule has 136 valence electrons. The lowest BCUT2D eigenvalue weighted by Gasteiger charge is -2.36. The van der Waals surface area contributed by atoms with Gasteiger partial charge in [0.05, 0.1) is 24.9 Å². The molecular formula is C16H24F3N3O2. The molecule has 0 N–H and O–H groups in total. The molecule has 0 spiro atoms. The second-order valence-electron chi connectivity index (χ2n) is 6.63. The quantitative estimate of drug-likeness (QED) is 0.841. The standard InChI is InChI=1S/C16H24F3N3O2/c1-10(2)7-14(23)21-5-6-24-8-13(21)15-11(3)20-22(12(15)4)9-16(17,18)19/h10,13H,5-9H2,1-4H3/t13-/m0/s1. The molecule has 0 saturated carbocycles. The molecule has 2 rings (SSSR count). The lowest BCUT2D eigenvalue weighted by Crippen LogP contribution is -2.44. The molecule has 0 aliphatic carbocycles. The lowest BCUT2D eigenvalue weighted by atomic mass is 10.0. The molecule has 1 fully saturated rings. The number of ether oxygens (including phenoxy) is 1. The van der Waals surface area contributed by atoms with E-state index in [4.69, 9.17) is 4.74 Å². The van der Waals surface area contributed by atoms with Crippen LogP contribution in [0.15, 0.2) is 0 Å². The van der Waals surface area contributed by atoms with E-state index in [1.807, 2.05) is 13.8 Å². The molecule has 24 heavy (non-hydrogen) atoms. The van der Waals surface area contributed by atoms with Crippen LogP contribution in [0.3, 0.4) is 0 Å². The highest BCUT2D eigenvalue weighted by atomic mass is 19.4. The summed E-state index contributed by atoms with van der Waals surface area (Å²) in [5.41, 5.74) is 1.60. The van der Waals surface area contributed by atoms with Crippen LogP contribution in [0.25, 0.3) is 0 Å². The van der Waals surface area contributed by atoms with Gasteiger partial charge in [0.25, 0.3) is 0 Å². The predicted molar refractivity (Wildman–Crippen MR) is 82.5 cm³/mol. The van der Waals surface area contributed by atoms with E-state index in [2.05, 4.69) is 5.10 Å². The van der Waals surface area contributed by atoms with Crippen molar-refractivity contribution in [1.82, 2.24) is 14.7 Å². The highest BCUT2D eigenvalue weighted by molar-refractivity contribution is 5.77. The van der Waals surface area contributed by atoms with Crippen LogP contribution in [0.2, 0.25) is 0 Å². The zero-order chi connectivity index (χ0) is 18.1.